The number of piperidine rings is 1. The summed E-state index contributed by atoms with van der Waals surface area (Å²) in [4.78, 5) is 14.7. The molecule has 92 valence electrons. The van der Waals surface area contributed by atoms with E-state index in [0.717, 1.165) is 25.1 Å². The highest BCUT2D eigenvalue weighted by atomic mass is 79.9. The smallest absolute Gasteiger partial charge is 0.253 e. The third-order valence-corrected chi connectivity index (χ3v) is 4.79. The van der Waals surface area contributed by atoms with Gasteiger partial charge in [0.25, 0.3) is 5.91 Å². The van der Waals surface area contributed by atoms with Gasteiger partial charge in [-0.15, -0.1) is 0 Å². The van der Waals surface area contributed by atoms with Crippen LogP contribution in [0.15, 0.2) is 24.3 Å². The van der Waals surface area contributed by atoms with Gasteiger partial charge < -0.3 is 4.90 Å². The van der Waals surface area contributed by atoms with Crippen LogP contribution in [0, 0.1) is 5.92 Å². The van der Waals surface area contributed by atoms with Crippen molar-refractivity contribution >= 4 is 33.4 Å². The lowest BCUT2D eigenvalue weighted by molar-refractivity contribution is 0.0690. The Kier molecular flexibility index (Phi) is 4.10. The molecular formula is C13H15BrClNO. The fourth-order valence-electron chi connectivity index (χ4n) is 2.08. The van der Waals surface area contributed by atoms with Crippen LogP contribution in [-0.4, -0.2) is 28.7 Å². The van der Waals surface area contributed by atoms with Crippen molar-refractivity contribution in [1.82, 2.24) is 4.90 Å². The van der Waals surface area contributed by atoms with Gasteiger partial charge in [0, 0.05) is 28.5 Å². The van der Waals surface area contributed by atoms with Gasteiger partial charge in [0.1, 0.15) is 0 Å². The molecule has 2 nitrogen and oxygen atoms in total. The number of hydrogen-bond donors (Lipinski definition) is 0. The first kappa shape index (κ1) is 12.9. The Labute approximate surface area is 115 Å². The van der Waals surface area contributed by atoms with Gasteiger partial charge in [-0.2, -0.15) is 0 Å². The van der Waals surface area contributed by atoms with Crippen molar-refractivity contribution in [3.05, 3.63) is 34.9 Å². The maximum Gasteiger partial charge on any atom is 0.253 e. The molecule has 1 aromatic rings. The molecule has 17 heavy (non-hydrogen) atoms. The first-order valence-corrected chi connectivity index (χ1v) is 7.06. The Morgan fingerprint density at radius 3 is 2.65 bits per heavy atom. The van der Waals surface area contributed by atoms with Crippen LogP contribution in [0.1, 0.15) is 23.7 Å². The highest BCUT2D eigenvalue weighted by Crippen LogP contribution is 2.24. The second kappa shape index (κ2) is 5.40. The van der Waals surface area contributed by atoms with E-state index < -0.39 is 0 Å². The van der Waals surface area contributed by atoms with Gasteiger partial charge in [-0.1, -0.05) is 34.5 Å². The largest absolute Gasteiger partial charge is 0.338 e. The molecule has 0 bridgehead atoms. The zero-order chi connectivity index (χ0) is 12.4. The van der Waals surface area contributed by atoms with Crippen LogP contribution in [0.5, 0.6) is 0 Å². The summed E-state index contributed by atoms with van der Waals surface area (Å²) in [5, 5.41) is 0.661. The quantitative estimate of drug-likeness (QED) is 0.725. The number of likely N-dealkylation sites (tertiary alicyclic amines) is 1. The molecule has 0 aromatic heterocycles. The molecule has 2 atom stereocenters. The van der Waals surface area contributed by atoms with Crippen molar-refractivity contribution in [2.45, 2.75) is 18.2 Å². The minimum absolute atomic E-state index is 0.105. The third-order valence-electron chi connectivity index (χ3n) is 3.18. The normalized spacial score (nSPS) is 24.8. The number of carbonyl (C=O) groups is 1. The number of nitrogens with zero attached hydrogens (tertiary/aromatic N) is 1. The van der Waals surface area contributed by atoms with E-state index in [-0.39, 0.29) is 5.91 Å². The van der Waals surface area contributed by atoms with Crippen molar-refractivity contribution in [2.75, 3.05) is 13.1 Å². The molecule has 1 aliphatic heterocycles. The van der Waals surface area contributed by atoms with Gasteiger partial charge in [0.05, 0.1) is 0 Å². The molecule has 0 saturated carbocycles. The van der Waals surface area contributed by atoms with Gasteiger partial charge >= 0.3 is 0 Å². The molecule has 1 aliphatic rings. The van der Waals surface area contributed by atoms with Crippen molar-refractivity contribution in [3.63, 3.8) is 0 Å². The van der Waals surface area contributed by atoms with Crippen molar-refractivity contribution in [2.24, 2.45) is 5.92 Å². The molecule has 1 heterocycles. The number of halogens is 2. The van der Waals surface area contributed by atoms with E-state index >= 15 is 0 Å². The summed E-state index contributed by atoms with van der Waals surface area (Å²) >= 11 is 9.45. The summed E-state index contributed by atoms with van der Waals surface area (Å²) in [6.07, 6.45) is 1.01. The summed E-state index contributed by atoms with van der Waals surface area (Å²) in [5.74, 6) is 0.605. The molecule has 0 aliphatic carbocycles. The lowest BCUT2D eigenvalue weighted by atomic mass is 9.99. The van der Waals surface area contributed by atoms with E-state index in [1.807, 2.05) is 4.90 Å². The number of rotatable bonds is 1. The highest BCUT2D eigenvalue weighted by molar-refractivity contribution is 9.09. The molecule has 1 fully saturated rings. The van der Waals surface area contributed by atoms with E-state index in [2.05, 4.69) is 22.9 Å². The summed E-state index contributed by atoms with van der Waals surface area (Å²) in [6.45, 7) is 3.81. The number of alkyl halides is 1. The summed E-state index contributed by atoms with van der Waals surface area (Å²) in [7, 11) is 0. The molecule has 0 N–H and O–H groups in total. The lowest BCUT2D eigenvalue weighted by Crippen LogP contribution is -2.43. The van der Waals surface area contributed by atoms with Crippen LogP contribution in [0.2, 0.25) is 5.02 Å². The summed E-state index contributed by atoms with van der Waals surface area (Å²) in [5.41, 5.74) is 0.717. The topological polar surface area (TPSA) is 20.3 Å². The fourth-order valence-corrected chi connectivity index (χ4v) is 2.57. The van der Waals surface area contributed by atoms with Gasteiger partial charge in [0.2, 0.25) is 0 Å². The minimum Gasteiger partial charge on any atom is -0.338 e. The predicted octanol–water partition coefficient (Wildman–Crippen LogP) is 3.59. The zero-order valence-corrected chi connectivity index (χ0v) is 12.0. The second-order valence-corrected chi connectivity index (χ2v) is 6.15. The molecule has 1 amide bonds. The van der Waals surface area contributed by atoms with E-state index in [1.54, 1.807) is 24.3 Å². The Balaban J connectivity index is 2.08. The van der Waals surface area contributed by atoms with Gasteiger partial charge in [0.15, 0.2) is 0 Å². The van der Waals surface area contributed by atoms with Gasteiger partial charge in [-0.3, -0.25) is 4.79 Å². The lowest BCUT2D eigenvalue weighted by Gasteiger charge is -2.34. The zero-order valence-electron chi connectivity index (χ0n) is 9.70. The Morgan fingerprint density at radius 2 is 2.06 bits per heavy atom. The van der Waals surface area contributed by atoms with Gasteiger partial charge in [-0.05, 0) is 36.6 Å². The first-order valence-electron chi connectivity index (χ1n) is 5.77. The molecule has 0 spiro atoms. The summed E-state index contributed by atoms with van der Waals surface area (Å²) < 4.78 is 0. The average Bonchev–Trinajstić information content (AvgIpc) is 2.33. The van der Waals surface area contributed by atoms with Crippen LogP contribution < -0.4 is 0 Å². The molecule has 4 heteroatoms. The van der Waals surface area contributed by atoms with E-state index in [1.165, 1.54) is 0 Å². The monoisotopic (exact) mass is 315 g/mol. The third kappa shape index (κ3) is 3.02. The first-order chi connectivity index (χ1) is 8.08. The van der Waals surface area contributed by atoms with E-state index in [9.17, 15) is 4.79 Å². The predicted molar refractivity (Wildman–Crippen MR) is 73.9 cm³/mol. The van der Waals surface area contributed by atoms with Crippen molar-refractivity contribution < 1.29 is 4.79 Å². The minimum atomic E-state index is 0.105. The van der Waals surface area contributed by atoms with E-state index in [0.29, 0.717) is 15.8 Å². The van der Waals surface area contributed by atoms with Gasteiger partial charge in [-0.25, -0.2) is 0 Å². The molecule has 2 rings (SSSR count). The molecular weight excluding hydrogens is 302 g/mol. The Morgan fingerprint density at radius 1 is 1.41 bits per heavy atom. The Hall–Kier alpha value is -0.540. The van der Waals surface area contributed by atoms with Crippen LogP contribution in [0.25, 0.3) is 0 Å². The maximum absolute atomic E-state index is 12.2. The van der Waals surface area contributed by atoms with Crippen LogP contribution in [0.3, 0.4) is 0 Å². The SMILES string of the molecule is CC1CN(C(=O)c2ccc(Cl)cc2)CCC1Br. The number of hydrogen-bond acceptors (Lipinski definition) is 1. The van der Waals surface area contributed by atoms with Crippen LogP contribution in [0.4, 0.5) is 0 Å². The Bertz CT molecular complexity index is 406. The average molecular weight is 317 g/mol. The molecule has 1 aromatic carbocycles. The molecule has 0 radical (unpaired) electrons. The molecule has 1 saturated heterocycles. The van der Waals surface area contributed by atoms with Crippen LogP contribution in [-0.2, 0) is 0 Å². The number of amides is 1. The standard InChI is InChI=1S/C13H15BrClNO/c1-9-8-16(7-6-12(9)14)13(17)10-2-4-11(15)5-3-10/h2-5,9,12H,6-8H2,1H3. The molecule has 2 unspecified atom stereocenters. The number of carbonyl (C=O) groups excluding carboxylic acids is 1. The number of benzene rings is 1. The highest BCUT2D eigenvalue weighted by Gasteiger charge is 2.27. The van der Waals surface area contributed by atoms with E-state index in [4.69, 9.17) is 11.6 Å². The fraction of sp³-hybridized carbons (Fsp3) is 0.462. The van der Waals surface area contributed by atoms with Crippen molar-refractivity contribution in [1.29, 1.82) is 0 Å². The second-order valence-electron chi connectivity index (χ2n) is 4.54. The maximum atomic E-state index is 12.2. The van der Waals surface area contributed by atoms with Crippen molar-refractivity contribution in [3.8, 4) is 0 Å². The van der Waals surface area contributed by atoms with Crippen LogP contribution >= 0.6 is 27.5 Å². The summed E-state index contributed by atoms with van der Waals surface area (Å²) in [6, 6.07) is 7.09.